The molecule has 1 heterocycles. The Bertz CT molecular complexity index is 626. The Morgan fingerprint density at radius 3 is 2.76 bits per heavy atom. The first-order chi connectivity index (χ1) is 8.33. The van der Waals surface area contributed by atoms with Crippen molar-refractivity contribution < 1.29 is 0 Å². The summed E-state index contributed by atoms with van der Waals surface area (Å²) in [6, 6.07) is 8.72. The average Bonchev–Trinajstić information content (AvgIpc) is 3.03. The molecule has 1 aromatic carbocycles. The van der Waals surface area contributed by atoms with Crippen molar-refractivity contribution in [3.05, 3.63) is 34.6 Å². The van der Waals surface area contributed by atoms with Crippen molar-refractivity contribution in [2.75, 3.05) is 0 Å². The van der Waals surface area contributed by atoms with Crippen LogP contribution in [-0.4, -0.2) is 18.3 Å². The van der Waals surface area contributed by atoms with Crippen molar-refractivity contribution >= 4 is 24.4 Å². The molecule has 2 bridgehead atoms. The summed E-state index contributed by atoms with van der Waals surface area (Å²) >= 11 is 0.239. The van der Waals surface area contributed by atoms with Crippen molar-refractivity contribution in [3.63, 3.8) is 0 Å². The number of aromatic nitrogens is 1. The number of hydrogen-bond acceptors (Lipinski definition) is 1. The fourth-order valence-electron chi connectivity index (χ4n) is 3.71. The Balaban J connectivity index is 1.86. The summed E-state index contributed by atoms with van der Waals surface area (Å²) in [5.74, 6) is 1.72. The SMILES string of the molecule is O=c1c2ccccc2[se]n1C1CC2CCC1C2. The monoisotopic (exact) mass is 293 g/mol. The van der Waals surface area contributed by atoms with Gasteiger partial charge in [-0.05, 0) is 0 Å². The molecule has 0 radical (unpaired) electrons. The third-order valence-corrected chi connectivity index (χ3v) is 7.00. The fourth-order valence-corrected chi connectivity index (χ4v) is 6.18. The molecule has 3 atom stereocenters. The van der Waals surface area contributed by atoms with E-state index in [1.165, 1.54) is 29.9 Å². The second kappa shape index (κ2) is 3.60. The molecule has 0 N–H and O–H groups in total. The Kier molecular flexibility index (Phi) is 2.15. The number of fused-ring (bicyclic) bond motifs is 3. The molecule has 0 saturated heterocycles. The molecule has 3 heteroatoms. The van der Waals surface area contributed by atoms with Gasteiger partial charge in [0, 0.05) is 0 Å². The molecule has 0 spiro atoms. The van der Waals surface area contributed by atoms with Crippen LogP contribution in [-0.2, 0) is 0 Å². The number of rotatable bonds is 1. The maximum atomic E-state index is 12.4. The number of benzene rings is 1. The van der Waals surface area contributed by atoms with Crippen LogP contribution in [0.4, 0.5) is 0 Å². The Labute approximate surface area is 106 Å². The zero-order valence-corrected chi connectivity index (χ0v) is 11.3. The van der Waals surface area contributed by atoms with Crippen LogP contribution in [0.1, 0.15) is 31.7 Å². The van der Waals surface area contributed by atoms with Crippen LogP contribution in [0.5, 0.6) is 0 Å². The molecule has 2 nitrogen and oxygen atoms in total. The molecule has 0 amide bonds. The fraction of sp³-hybridized carbons (Fsp3) is 0.500. The van der Waals surface area contributed by atoms with Gasteiger partial charge in [-0.1, -0.05) is 0 Å². The average molecular weight is 292 g/mol. The minimum atomic E-state index is 0.239. The molecule has 17 heavy (non-hydrogen) atoms. The quantitative estimate of drug-likeness (QED) is 0.740. The summed E-state index contributed by atoms with van der Waals surface area (Å²) in [7, 11) is 0. The zero-order valence-electron chi connectivity index (χ0n) is 9.63. The van der Waals surface area contributed by atoms with Crippen molar-refractivity contribution in [1.29, 1.82) is 0 Å². The van der Waals surface area contributed by atoms with E-state index in [0.29, 0.717) is 11.6 Å². The molecule has 2 aromatic rings. The molecule has 0 aliphatic heterocycles. The minimum absolute atomic E-state index is 0.239. The van der Waals surface area contributed by atoms with Gasteiger partial charge in [-0.15, -0.1) is 0 Å². The van der Waals surface area contributed by atoms with Crippen LogP contribution in [0.2, 0.25) is 0 Å². The first kappa shape index (κ1) is 10.2. The molecule has 88 valence electrons. The Morgan fingerprint density at radius 1 is 1.18 bits per heavy atom. The molecule has 1 aromatic heterocycles. The first-order valence-electron chi connectivity index (χ1n) is 6.43. The number of hydrogen-bond donors (Lipinski definition) is 0. The normalized spacial score (nSPS) is 31.4. The summed E-state index contributed by atoms with van der Waals surface area (Å²) in [6.07, 6.45) is 5.40. The van der Waals surface area contributed by atoms with Gasteiger partial charge in [0.05, 0.1) is 0 Å². The van der Waals surface area contributed by atoms with Crippen molar-refractivity contribution in [2.24, 2.45) is 11.8 Å². The molecule has 4 rings (SSSR count). The van der Waals surface area contributed by atoms with Gasteiger partial charge in [0.2, 0.25) is 0 Å². The van der Waals surface area contributed by atoms with E-state index in [9.17, 15) is 4.79 Å². The number of nitrogens with zero attached hydrogens (tertiary/aromatic N) is 1. The summed E-state index contributed by atoms with van der Waals surface area (Å²) in [5.41, 5.74) is 0.304. The van der Waals surface area contributed by atoms with Gasteiger partial charge in [-0.2, -0.15) is 0 Å². The molecule has 2 aliphatic rings. The molecular formula is C14H15NOSe. The Morgan fingerprint density at radius 2 is 2.06 bits per heavy atom. The first-order valence-corrected chi connectivity index (χ1v) is 8.06. The van der Waals surface area contributed by atoms with E-state index in [1.807, 2.05) is 12.1 Å². The summed E-state index contributed by atoms with van der Waals surface area (Å²) < 4.78 is 3.49. The van der Waals surface area contributed by atoms with E-state index in [4.69, 9.17) is 0 Å². The molecule has 3 unspecified atom stereocenters. The van der Waals surface area contributed by atoms with E-state index in [0.717, 1.165) is 17.2 Å². The second-order valence-corrected chi connectivity index (χ2v) is 7.59. The van der Waals surface area contributed by atoms with Crippen LogP contribution in [0.25, 0.3) is 9.65 Å². The second-order valence-electron chi connectivity index (χ2n) is 5.46. The third-order valence-electron chi connectivity index (χ3n) is 4.52. The van der Waals surface area contributed by atoms with Gasteiger partial charge in [0.25, 0.3) is 0 Å². The summed E-state index contributed by atoms with van der Waals surface area (Å²) in [5, 5.41) is 0.968. The van der Waals surface area contributed by atoms with E-state index in [1.54, 1.807) is 0 Å². The van der Waals surface area contributed by atoms with Gasteiger partial charge in [-0.25, -0.2) is 0 Å². The molecule has 2 saturated carbocycles. The van der Waals surface area contributed by atoms with Gasteiger partial charge in [0.15, 0.2) is 0 Å². The van der Waals surface area contributed by atoms with Crippen molar-refractivity contribution in [1.82, 2.24) is 3.56 Å². The maximum absolute atomic E-state index is 12.4. The van der Waals surface area contributed by atoms with Crippen LogP contribution in [0.3, 0.4) is 0 Å². The van der Waals surface area contributed by atoms with Gasteiger partial charge in [0.1, 0.15) is 0 Å². The third kappa shape index (κ3) is 1.42. The molecular weight excluding hydrogens is 277 g/mol. The van der Waals surface area contributed by atoms with Crippen LogP contribution in [0.15, 0.2) is 29.1 Å². The predicted molar refractivity (Wildman–Crippen MR) is 69.6 cm³/mol. The summed E-state index contributed by atoms with van der Waals surface area (Å²) in [4.78, 5) is 12.4. The van der Waals surface area contributed by atoms with Gasteiger partial charge < -0.3 is 0 Å². The molecule has 2 fully saturated rings. The van der Waals surface area contributed by atoms with Gasteiger partial charge in [-0.3, -0.25) is 0 Å². The standard InChI is InChI=1S/C14H15NOSe/c16-14-11-3-1-2-4-13(11)17-15(14)12-8-9-5-6-10(12)7-9/h1-4,9-10,12H,5-8H2. The van der Waals surface area contributed by atoms with E-state index >= 15 is 0 Å². The van der Waals surface area contributed by atoms with Gasteiger partial charge >= 0.3 is 106 Å². The van der Waals surface area contributed by atoms with Crippen molar-refractivity contribution in [2.45, 2.75) is 31.7 Å². The summed E-state index contributed by atoms with van der Waals surface area (Å²) in [6.45, 7) is 0. The van der Waals surface area contributed by atoms with E-state index in [2.05, 4.69) is 15.7 Å². The Hall–Kier alpha value is -0.791. The van der Waals surface area contributed by atoms with E-state index in [-0.39, 0.29) is 14.7 Å². The zero-order chi connectivity index (χ0) is 11.4. The molecule has 2 aliphatic carbocycles. The van der Waals surface area contributed by atoms with E-state index < -0.39 is 0 Å². The van der Waals surface area contributed by atoms with Crippen LogP contribution < -0.4 is 5.56 Å². The van der Waals surface area contributed by atoms with Crippen LogP contribution >= 0.6 is 0 Å². The topological polar surface area (TPSA) is 22.0 Å². The van der Waals surface area contributed by atoms with Crippen LogP contribution in [0, 0.1) is 11.8 Å². The van der Waals surface area contributed by atoms with Crippen molar-refractivity contribution in [3.8, 4) is 0 Å². The predicted octanol–water partition coefficient (Wildman–Crippen LogP) is 2.42.